The second-order valence-corrected chi connectivity index (χ2v) is 4.19. The van der Waals surface area contributed by atoms with Gasteiger partial charge in [0.1, 0.15) is 5.60 Å². The lowest BCUT2D eigenvalue weighted by Gasteiger charge is -2.41. The van der Waals surface area contributed by atoms with Crippen molar-refractivity contribution in [2.75, 3.05) is 19.8 Å². The van der Waals surface area contributed by atoms with Gasteiger partial charge >= 0.3 is 0 Å². The molecule has 1 N–H and O–H groups in total. The lowest BCUT2D eigenvalue weighted by atomic mass is 10.1. The largest absolute Gasteiger partial charge is 0.393 e. The molecule has 6 heteroatoms. The van der Waals surface area contributed by atoms with Gasteiger partial charge in [-0.15, -0.1) is 0 Å². The Balaban J connectivity index is 2.11. The molecule has 0 bridgehead atoms. The molecule has 0 saturated carbocycles. The Bertz CT molecular complexity index is 380. The molecule has 94 valence electrons. The number of rotatable bonds is 2. The zero-order valence-electron chi connectivity index (χ0n) is 10.3. The fraction of sp³-hybridized carbons (Fsp3) is 0.636. The van der Waals surface area contributed by atoms with Crippen molar-refractivity contribution < 1.29 is 25.5 Å². The van der Waals surface area contributed by atoms with Gasteiger partial charge in [-0.1, -0.05) is 0 Å². The molecule has 2 aliphatic heterocycles. The molecule has 6 nitrogen and oxygen atoms in total. The van der Waals surface area contributed by atoms with Crippen molar-refractivity contribution in [2.45, 2.75) is 25.1 Å². The van der Waals surface area contributed by atoms with E-state index in [2.05, 4.69) is 0 Å². The summed E-state index contributed by atoms with van der Waals surface area (Å²) in [6.07, 6.45) is 1.78. The number of amides is 1. The summed E-state index contributed by atoms with van der Waals surface area (Å²) in [6.45, 7) is -0.234. The van der Waals surface area contributed by atoms with Crippen LogP contribution in [-0.2, 0) is 19.1 Å². The number of ketones is 1. The van der Waals surface area contributed by atoms with E-state index in [0.29, 0.717) is 0 Å². The van der Waals surface area contributed by atoms with Crippen LogP contribution >= 0.6 is 0 Å². The van der Waals surface area contributed by atoms with Crippen LogP contribution in [0, 0.1) is 0 Å². The first-order chi connectivity index (χ1) is 8.60. The van der Waals surface area contributed by atoms with Crippen LogP contribution in [0.4, 0.5) is 0 Å². The lowest BCUT2D eigenvalue weighted by Crippen LogP contribution is -2.55. The minimum Gasteiger partial charge on any atom is -0.393 e. The van der Waals surface area contributed by atoms with Crippen molar-refractivity contribution in [3.05, 3.63) is 12.3 Å². The van der Waals surface area contributed by atoms with Crippen molar-refractivity contribution in [3.63, 3.8) is 0 Å². The predicted molar refractivity (Wildman–Crippen MR) is 56.8 cm³/mol. The standard InChI is InChI=1S/C11H15NO5/c1-11(6-13)7-16-5-10(17-11)12-3-2-8(14)4-9(12)15/h2-3,10,13H,4-7H2,1H3/t10-,11-/m1/s1/i1D. The van der Waals surface area contributed by atoms with Crippen molar-refractivity contribution in [3.8, 4) is 0 Å². The van der Waals surface area contributed by atoms with Crippen LogP contribution in [0.15, 0.2) is 12.3 Å². The molecule has 0 aromatic carbocycles. The summed E-state index contributed by atoms with van der Waals surface area (Å²) >= 11 is 0. The van der Waals surface area contributed by atoms with E-state index in [1.165, 1.54) is 17.2 Å². The molecule has 0 aromatic rings. The van der Waals surface area contributed by atoms with Gasteiger partial charge in [0.25, 0.3) is 0 Å². The molecule has 1 fully saturated rings. The van der Waals surface area contributed by atoms with E-state index in [4.69, 9.17) is 10.8 Å². The van der Waals surface area contributed by atoms with Crippen molar-refractivity contribution in [1.82, 2.24) is 4.90 Å². The van der Waals surface area contributed by atoms with Crippen molar-refractivity contribution in [1.29, 1.82) is 0 Å². The minimum absolute atomic E-state index is 0.119. The van der Waals surface area contributed by atoms with Gasteiger partial charge in [0.05, 0.1) is 26.2 Å². The first-order valence-corrected chi connectivity index (χ1v) is 5.28. The van der Waals surface area contributed by atoms with Gasteiger partial charge in [0.15, 0.2) is 12.0 Å². The third-order valence-corrected chi connectivity index (χ3v) is 2.64. The van der Waals surface area contributed by atoms with Gasteiger partial charge in [-0.3, -0.25) is 14.5 Å². The number of allylic oxidation sites excluding steroid dienone is 1. The van der Waals surface area contributed by atoms with E-state index in [0.717, 1.165) is 0 Å². The minimum atomic E-state index is -1.10. The molecule has 1 saturated heterocycles. The fourth-order valence-corrected chi connectivity index (χ4v) is 1.72. The molecule has 2 heterocycles. The third kappa shape index (κ3) is 2.54. The monoisotopic (exact) mass is 242 g/mol. The van der Waals surface area contributed by atoms with E-state index in [-0.39, 0.29) is 44.8 Å². The molecule has 2 atom stereocenters. The van der Waals surface area contributed by atoms with Crippen LogP contribution in [0.2, 0.25) is 0 Å². The summed E-state index contributed by atoms with van der Waals surface area (Å²) in [4.78, 5) is 24.0. The van der Waals surface area contributed by atoms with Gasteiger partial charge in [-0.2, -0.15) is 0 Å². The van der Waals surface area contributed by atoms with Gasteiger partial charge in [-0.25, -0.2) is 0 Å². The topological polar surface area (TPSA) is 76.1 Å². The quantitative estimate of drug-likeness (QED) is 0.656. The second-order valence-electron chi connectivity index (χ2n) is 4.19. The maximum atomic E-state index is 11.7. The zero-order valence-corrected chi connectivity index (χ0v) is 9.30. The normalized spacial score (nSPS) is 35.0. The van der Waals surface area contributed by atoms with Crippen molar-refractivity contribution in [2.24, 2.45) is 0 Å². The molecule has 0 spiro atoms. The van der Waals surface area contributed by atoms with Gasteiger partial charge in [0, 0.05) is 7.57 Å². The van der Waals surface area contributed by atoms with Gasteiger partial charge in [0.2, 0.25) is 5.91 Å². The molecule has 17 heavy (non-hydrogen) atoms. The summed E-state index contributed by atoms with van der Waals surface area (Å²) < 4.78 is 18.3. The first-order valence-electron chi connectivity index (χ1n) is 5.99. The van der Waals surface area contributed by atoms with Gasteiger partial charge in [-0.05, 0) is 13.0 Å². The second kappa shape index (κ2) is 4.56. The maximum absolute atomic E-state index is 11.7. The number of aliphatic hydroxyl groups is 1. The maximum Gasteiger partial charge on any atom is 0.236 e. The summed E-state index contributed by atoms with van der Waals surface area (Å²) in [5.41, 5.74) is -1.10. The van der Waals surface area contributed by atoms with E-state index in [1.54, 1.807) is 0 Å². The highest BCUT2D eigenvalue weighted by molar-refractivity contribution is 6.06. The number of carbonyl (C=O) groups is 2. The Kier molecular flexibility index (Phi) is 2.92. The number of aliphatic hydroxyl groups excluding tert-OH is 1. The molecule has 2 aliphatic rings. The molecule has 0 aliphatic carbocycles. The Hall–Kier alpha value is -1.24. The number of carbonyl (C=O) groups excluding carboxylic acids is 2. The molecule has 1 amide bonds. The number of hydrogen-bond acceptors (Lipinski definition) is 5. The number of hydrogen-bond donors (Lipinski definition) is 1. The van der Waals surface area contributed by atoms with Crippen LogP contribution in [0.25, 0.3) is 0 Å². The van der Waals surface area contributed by atoms with Crippen LogP contribution < -0.4 is 0 Å². The Labute approximate surface area is 100 Å². The SMILES string of the molecule is [2H]C[C@@]1(CO)COC[C@H](N2C=CC(=O)CC2=O)O1. The summed E-state index contributed by atoms with van der Waals surface area (Å²) in [5, 5.41) is 9.27. The van der Waals surface area contributed by atoms with E-state index in [1.807, 2.05) is 0 Å². The molecular formula is C11H15NO5. The van der Waals surface area contributed by atoms with Gasteiger partial charge < -0.3 is 14.6 Å². The lowest BCUT2D eigenvalue weighted by molar-refractivity contribution is -0.236. The van der Waals surface area contributed by atoms with E-state index >= 15 is 0 Å². The highest BCUT2D eigenvalue weighted by Gasteiger charge is 2.38. The zero-order chi connectivity index (χ0) is 13.2. The Morgan fingerprint density at radius 3 is 3.18 bits per heavy atom. The predicted octanol–water partition coefficient (Wildman–Crippen LogP) is -0.575. The average Bonchev–Trinajstić information content (AvgIpc) is 2.38. The fourth-order valence-electron chi connectivity index (χ4n) is 1.72. The van der Waals surface area contributed by atoms with Crippen LogP contribution in [0.5, 0.6) is 0 Å². The molecule has 0 aromatic heterocycles. The smallest absolute Gasteiger partial charge is 0.236 e. The van der Waals surface area contributed by atoms with Crippen LogP contribution in [0.1, 0.15) is 14.7 Å². The molecular weight excluding hydrogens is 226 g/mol. The molecule has 0 unspecified atom stereocenters. The third-order valence-electron chi connectivity index (χ3n) is 2.64. The first kappa shape index (κ1) is 10.9. The highest BCUT2D eigenvalue weighted by atomic mass is 16.6. The van der Waals surface area contributed by atoms with Crippen LogP contribution in [0.3, 0.4) is 0 Å². The molecule has 2 rings (SSSR count). The molecule has 0 radical (unpaired) electrons. The Morgan fingerprint density at radius 1 is 1.71 bits per heavy atom. The summed E-state index contributed by atoms with van der Waals surface area (Å²) in [6, 6.07) is 0. The van der Waals surface area contributed by atoms with E-state index in [9.17, 15) is 14.7 Å². The Morgan fingerprint density at radius 2 is 2.53 bits per heavy atom. The number of nitrogens with zero attached hydrogens (tertiary/aromatic N) is 1. The summed E-state index contributed by atoms with van der Waals surface area (Å²) in [7, 11) is 0. The van der Waals surface area contributed by atoms with Crippen LogP contribution in [-0.4, -0.2) is 53.3 Å². The van der Waals surface area contributed by atoms with E-state index < -0.39 is 11.8 Å². The van der Waals surface area contributed by atoms with Crippen molar-refractivity contribution >= 4 is 11.7 Å². The average molecular weight is 242 g/mol. The summed E-state index contributed by atoms with van der Waals surface area (Å²) in [5.74, 6) is -0.614. The highest BCUT2D eigenvalue weighted by Crippen LogP contribution is 2.23. The number of ether oxygens (including phenoxy) is 2.